The molecule has 1 aromatic carbocycles. The Hall–Kier alpha value is -1.43. The maximum Gasteiger partial charge on any atom is 0.186 e. The average Bonchev–Trinajstić information content (AvgIpc) is 3.08. The molecule has 5 heteroatoms. The summed E-state index contributed by atoms with van der Waals surface area (Å²) >= 11 is 3.74. The molecule has 0 unspecified atom stereocenters. The van der Waals surface area contributed by atoms with Crippen LogP contribution in [0.1, 0.15) is 16.2 Å². The molecule has 2 aromatic heterocycles. The zero-order valence-corrected chi connectivity index (χ0v) is 15.0. The summed E-state index contributed by atoms with van der Waals surface area (Å²) in [5.41, 5.74) is 1.13. The quantitative estimate of drug-likeness (QED) is 0.703. The summed E-state index contributed by atoms with van der Waals surface area (Å²) in [7, 11) is 0. The summed E-state index contributed by atoms with van der Waals surface area (Å²) < 4.78 is 1.29. The van der Waals surface area contributed by atoms with Crippen molar-refractivity contribution in [3.8, 4) is 0 Å². The number of hydrogen-bond acceptors (Lipinski definition) is 5. The number of para-hydroxylation sites is 1. The molecule has 3 heterocycles. The summed E-state index contributed by atoms with van der Waals surface area (Å²) in [6.07, 6.45) is 1.21. The number of fused-ring (bicyclic) bond motifs is 1. The van der Waals surface area contributed by atoms with Crippen LogP contribution in [-0.4, -0.2) is 36.1 Å². The van der Waals surface area contributed by atoms with Crippen LogP contribution in [0.25, 0.3) is 10.2 Å². The van der Waals surface area contributed by atoms with Gasteiger partial charge >= 0.3 is 0 Å². The minimum absolute atomic E-state index is 1.07. The van der Waals surface area contributed by atoms with E-state index in [1.807, 2.05) is 22.7 Å². The summed E-state index contributed by atoms with van der Waals surface area (Å²) in [4.78, 5) is 12.8. The Morgan fingerprint density at radius 3 is 2.74 bits per heavy atom. The lowest BCUT2D eigenvalue weighted by Crippen LogP contribution is -2.30. The molecule has 0 saturated carbocycles. The van der Waals surface area contributed by atoms with Crippen molar-refractivity contribution in [1.82, 2.24) is 9.88 Å². The van der Waals surface area contributed by atoms with Gasteiger partial charge in [0.05, 0.1) is 10.2 Å². The van der Waals surface area contributed by atoms with Gasteiger partial charge in [0, 0.05) is 42.5 Å². The molecule has 0 spiro atoms. The number of anilines is 1. The Morgan fingerprint density at radius 1 is 1.00 bits per heavy atom. The Morgan fingerprint density at radius 2 is 1.91 bits per heavy atom. The molecule has 3 aromatic rings. The molecule has 0 bridgehead atoms. The summed E-state index contributed by atoms with van der Waals surface area (Å²) in [5, 5.41) is 1.18. The summed E-state index contributed by atoms with van der Waals surface area (Å²) in [6, 6.07) is 12.9. The molecule has 120 valence electrons. The van der Waals surface area contributed by atoms with Crippen molar-refractivity contribution >= 4 is 38.0 Å². The van der Waals surface area contributed by atoms with Gasteiger partial charge in [-0.15, -0.1) is 11.3 Å². The number of thiazole rings is 1. The van der Waals surface area contributed by atoms with E-state index in [1.54, 1.807) is 0 Å². The largest absolute Gasteiger partial charge is 0.347 e. The average molecular weight is 344 g/mol. The van der Waals surface area contributed by atoms with Crippen molar-refractivity contribution in [3.05, 3.63) is 46.2 Å². The first-order chi connectivity index (χ1) is 11.3. The first kappa shape index (κ1) is 15.1. The lowest BCUT2D eigenvalue weighted by atomic mass is 10.3. The molecule has 23 heavy (non-hydrogen) atoms. The Labute approximate surface area is 145 Å². The normalized spacial score (nSPS) is 16.8. The van der Waals surface area contributed by atoms with Gasteiger partial charge in [0.25, 0.3) is 0 Å². The van der Waals surface area contributed by atoms with Crippen LogP contribution >= 0.6 is 22.7 Å². The predicted octanol–water partition coefficient (Wildman–Crippen LogP) is 4.38. The molecule has 0 radical (unpaired) electrons. The molecule has 3 nitrogen and oxygen atoms in total. The number of nitrogens with zero attached hydrogens (tertiary/aromatic N) is 3. The van der Waals surface area contributed by atoms with E-state index in [0.717, 1.165) is 31.7 Å². The number of thiophene rings is 1. The van der Waals surface area contributed by atoms with Crippen molar-refractivity contribution in [3.63, 3.8) is 0 Å². The second kappa shape index (κ2) is 6.59. The first-order valence-electron chi connectivity index (χ1n) is 8.16. The maximum atomic E-state index is 4.82. The van der Waals surface area contributed by atoms with Gasteiger partial charge in [0.2, 0.25) is 0 Å². The maximum absolute atomic E-state index is 4.82. The monoisotopic (exact) mass is 343 g/mol. The SMILES string of the molecule is Cc1ccc(CN2CCCN(c3nc4ccccc4s3)CC2)s1. The van der Waals surface area contributed by atoms with E-state index in [2.05, 4.69) is 53.1 Å². The zero-order valence-electron chi connectivity index (χ0n) is 13.4. The topological polar surface area (TPSA) is 19.4 Å². The third-order valence-corrected chi connectivity index (χ3v) is 6.40. The van der Waals surface area contributed by atoms with E-state index in [4.69, 9.17) is 4.98 Å². The molecule has 0 N–H and O–H groups in total. The van der Waals surface area contributed by atoms with Crippen molar-refractivity contribution in [2.75, 3.05) is 31.1 Å². The molecule has 4 rings (SSSR count). The van der Waals surface area contributed by atoms with E-state index >= 15 is 0 Å². The number of benzene rings is 1. The number of aryl methyl sites for hydroxylation is 1. The second-order valence-corrected chi connectivity index (χ2v) is 8.47. The minimum Gasteiger partial charge on any atom is -0.347 e. The lowest BCUT2D eigenvalue weighted by Gasteiger charge is -2.20. The van der Waals surface area contributed by atoms with Crippen molar-refractivity contribution in [2.45, 2.75) is 19.9 Å². The molecule has 1 saturated heterocycles. The standard InChI is InChI=1S/C18H21N3S2/c1-14-7-8-15(22-14)13-20-9-4-10-21(12-11-20)18-19-16-5-2-3-6-17(16)23-18/h2-3,5-8H,4,9-13H2,1H3. The molecule has 0 amide bonds. The highest BCUT2D eigenvalue weighted by Crippen LogP contribution is 2.29. The van der Waals surface area contributed by atoms with Gasteiger partial charge in [-0.25, -0.2) is 4.98 Å². The Kier molecular flexibility index (Phi) is 4.33. The van der Waals surface area contributed by atoms with E-state index in [9.17, 15) is 0 Å². The van der Waals surface area contributed by atoms with Crippen LogP contribution in [0.4, 0.5) is 5.13 Å². The summed E-state index contributed by atoms with van der Waals surface area (Å²) in [5.74, 6) is 0. The van der Waals surface area contributed by atoms with Gasteiger partial charge in [-0.3, -0.25) is 4.90 Å². The van der Waals surface area contributed by atoms with Gasteiger partial charge in [-0.1, -0.05) is 23.5 Å². The Balaban J connectivity index is 1.44. The van der Waals surface area contributed by atoms with Gasteiger partial charge in [0.15, 0.2) is 5.13 Å². The molecule has 0 aliphatic carbocycles. The van der Waals surface area contributed by atoms with Crippen molar-refractivity contribution in [2.24, 2.45) is 0 Å². The highest BCUT2D eigenvalue weighted by atomic mass is 32.1. The predicted molar refractivity (Wildman–Crippen MR) is 101 cm³/mol. The highest BCUT2D eigenvalue weighted by Gasteiger charge is 2.18. The molecular formula is C18H21N3S2. The molecule has 1 aliphatic rings. The molecule has 0 atom stereocenters. The first-order valence-corrected chi connectivity index (χ1v) is 9.79. The number of rotatable bonds is 3. The third-order valence-electron chi connectivity index (χ3n) is 4.32. The van der Waals surface area contributed by atoms with E-state index in [0.29, 0.717) is 0 Å². The number of hydrogen-bond donors (Lipinski definition) is 0. The number of aromatic nitrogens is 1. The van der Waals surface area contributed by atoms with Gasteiger partial charge in [-0.05, 0) is 37.6 Å². The fraction of sp³-hybridized carbons (Fsp3) is 0.389. The van der Waals surface area contributed by atoms with E-state index in [1.165, 1.54) is 32.6 Å². The summed E-state index contributed by atoms with van der Waals surface area (Å²) in [6.45, 7) is 7.76. The van der Waals surface area contributed by atoms with Crippen molar-refractivity contribution in [1.29, 1.82) is 0 Å². The van der Waals surface area contributed by atoms with Crippen LogP contribution in [0.2, 0.25) is 0 Å². The van der Waals surface area contributed by atoms with Gasteiger partial charge in [0.1, 0.15) is 0 Å². The molecule has 1 aliphatic heterocycles. The molecule has 1 fully saturated rings. The van der Waals surface area contributed by atoms with E-state index < -0.39 is 0 Å². The van der Waals surface area contributed by atoms with Crippen LogP contribution in [-0.2, 0) is 6.54 Å². The zero-order chi connectivity index (χ0) is 15.6. The van der Waals surface area contributed by atoms with Crippen LogP contribution in [0.15, 0.2) is 36.4 Å². The van der Waals surface area contributed by atoms with Crippen LogP contribution in [0.5, 0.6) is 0 Å². The van der Waals surface area contributed by atoms with Crippen molar-refractivity contribution < 1.29 is 0 Å². The fourth-order valence-electron chi connectivity index (χ4n) is 3.11. The third kappa shape index (κ3) is 3.42. The van der Waals surface area contributed by atoms with Crippen LogP contribution < -0.4 is 4.90 Å². The van der Waals surface area contributed by atoms with Gasteiger partial charge < -0.3 is 4.90 Å². The smallest absolute Gasteiger partial charge is 0.186 e. The minimum atomic E-state index is 1.07. The lowest BCUT2D eigenvalue weighted by molar-refractivity contribution is 0.288. The van der Waals surface area contributed by atoms with Crippen LogP contribution in [0, 0.1) is 6.92 Å². The second-order valence-electron chi connectivity index (χ2n) is 6.09. The molecular weight excluding hydrogens is 322 g/mol. The fourth-order valence-corrected chi connectivity index (χ4v) is 5.06. The van der Waals surface area contributed by atoms with E-state index in [-0.39, 0.29) is 0 Å². The van der Waals surface area contributed by atoms with Gasteiger partial charge in [-0.2, -0.15) is 0 Å². The highest BCUT2D eigenvalue weighted by molar-refractivity contribution is 7.22. The van der Waals surface area contributed by atoms with Crippen LogP contribution in [0.3, 0.4) is 0 Å². The Bertz CT molecular complexity index is 759.